The molecule has 0 saturated carbocycles. The van der Waals surface area contributed by atoms with Gasteiger partial charge in [-0.15, -0.1) is 11.6 Å². The minimum Gasteiger partial charge on any atom is -0.391 e. The number of hydrogen-bond acceptors (Lipinski definition) is 3. The van der Waals surface area contributed by atoms with Crippen molar-refractivity contribution in [2.75, 3.05) is 17.4 Å². The lowest BCUT2D eigenvalue weighted by Crippen LogP contribution is -2.24. The SMILES string of the molecule is CCCCCCCCS(=O)(=O)C[C@@H](O)CCl. The maximum absolute atomic E-state index is 11.5. The molecule has 0 aromatic rings. The predicted octanol–water partition coefficient (Wildman–Crippen LogP) is 2.36. The van der Waals surface area contributed by atoms with Crippen molar-refractivity contribution in [2.45, 2.75) is 51.6 Å². The van der Waals surface area contributed by atoms with Crippen LogP contribution in [-0.2, 0) is 9.84 Å². The van der Waals surface area contributed by atoms with Gasteiger partial charge in [0.2, 0.25) is 0 Å². The Morgan fingerprint density at radius 1 is 1.12 bits per heavy atom. The first-order chi connectivity index (χ1) is 7.52. The molecule has 0 saturated heterocycles. The average Bonchev–Trinajstić information content (AvgIpc) is 2.22. The summed E-state index contributed by atoms with van der Waals surface area (Å²) in [5.41, 5.74) is 0. The van der Waals surface area contributed by atoms with Gasteiger partial charge < -0.3 is 5.11 Å². The number of unbranched alkanes of at least 4 members (excludes halogenated alkanes) is 5. The molecule has 0 heterocycles. The molecule has 0 aliphatic carbocycles. The third kappa shape index (κ3) is 9.43. The predicted molar refractivity (Wildman–Crippen MR) is 68.8 cm³/mol. The summed E-state index contributed by atoms with van der Waals surface area (Å²) in [7, 11) is -3.12. The molecule has 0 radical (unpaired) electrons. The molecular weight excluding hydrogens is 248 g/mol. The monoisotopic (exact) mass is 270 g/mol. The highest BCUT2D eigenvalue weighted by atomic mass is 35.5. The van der Waals surface area contributed by atoms with Gasteiger partial charge in [-0.2, -0.15) is 0 Å². The second kappa shape index (κ2) is 9.25. The molecule has 98 valence electrons. The van der Waals surface area contributed by atoms with Gasteiger partial charge in [-0.05, 0) is 6.42 Å². The van der Waals surface area contributed by atoms with Crippen LogP contribution in [0.5, 0.6) is 0 Å². The van der Waals surface area contributed by atoms with Gasteiger partial charge in [0.25, 0.3) is 0 Å². The van der Waals surface area contributed by atoms with Gasteiger partial charge in [0.15, 0.2) is 9.84 Å². The Hall–Kier alpha value is 0.200. The molecule has 3 nitrogen and oxygen atoms in total. The van der Waals surface area contributed by atoms with Gasteiger partial charge >= 0.3 is 0 Å². The Balaban J connectivity index is 3.59. The zero-order valence-corrected chi connectivity index (χ0v) is 11.6. The maximum Gasteiger partial charge on any atom is 0.152 e. The largest absolute Gasteiger partial charge is 0.391 e. The van der Waals surface area contributed by atoms with E-state index < -0.39 is 15.9 Å². The van der Waals surface area contributed by atoms with Crippen molar-refractivity contribution in [3.8, 4) is 0 Å². The Labute approximate surface area is 104 Å². The zero-order valence-electron chi connectivity index (χ0n) is 9.99. The molecule has 0 rings (SSSR count). The summed E-state index contributed by atoms with van der Waals surface area (Å²) in [4.78, 5) is 0. The van der Waals surface area contributed by atoms with Crippen molar-refractivity contribution in [3.63, 3.8) is 0 Å². The molecule has 0 aromatic carbocycles. The third-order valence-corrected chi connectivity index (χ3v) is 4.59. The highest BCUT2D eigenvalue weighted by Gasteiger charge is 2.15. The van der Waals surface area contributed by atoms with E-state index in [1.54, 1.807) is 0 Å². The summed E-state index contributed by atoms with van der Waals surface area (Å²) >= 11 is 5.36. The molecular formula is C11H23ClO3S. The number of sulfone groups is 1. The Kier molecular flexibility index (Phi) is 9.37. The summed E-state index contributed by atoms with van der Waals surface area (Å²) < 4.78 is 22.9. The Morgan fingerprint density at radius 3 is 2.25 bits per heavy atom. The van der Waals surface area contributed by atoms with Crippen molar-refractivity contribution in [1.82, 2.24) is 0 Å². The summed E-state index contributed by atoms with van der Waals surface area (Å²) in [6, 6.07) is 0. The molecule has 0 aliphatic rings. The Bertz CT molecular complexity index is 252. The zero-order chi connectivity index (χ0) is 12.4. The van der Waals surface area contributed by atoms with Gasteiger partial charge in [0, 0.05) is 5.88 Å². The van der Waals surface area contributed by atoms with Crippen LogP contribution in [-0.4, -0.2) is 37.0 Å². The lowest BCUT2D eigenvalue weighted by molar-refractivity contribution is 0.221. The lowest BCUT2D eigenvalue weighted by atomic mass is 10.1. The normalized spacial score (nSPS) is 13.9. The van der Waals surface area contributed by atoms with Gasteiger partial charge in [-0.3, -0.25) is 0 Å². The first-order valence-electron chi connectivity index (χ1n) is 5.96. The second-order valence-electron chi connectivity index (χ2n) is 4.19. The third-order valence-electron chi connectivity index (χ3n) is 2.43. The summed E-state index contributed by atoms with van der Waals surface area (Å²) in [6.07, 6.45) is 5.42. The van der Waals surface area contributed by atoms with Crippen LogP contribution in [0.4, 0.5) is 0 Å². The van der Waals surface area contributed by atoms with Crippen LogP contribution in [0.3, 0.4) is 0 Å². The topological polar surface area (TPSA) is 54.4 Å². The van der Waals surface area contributed by atoms with Gasteiger partial charge in [-0.1, -0.05) is 39.0 Å². The molecule has 0 aliphatic heterocycles. The first kappa shape index (κ1) is 16.2. The van der Waals surface area contributed by atoms with E-state index in [1.165, 1.54) is 19.3 Å². The fourth-order valence-electron chi connectivity index (χ4n) is 1.52. The van der Waals surface area contributed by atoms with E-state index in [0.717, 1.165) is 12.8 Å². The van der Waals surface area contributed by atoms with Crippen LogP contribution in [0, 0.1) is 0 Å². The minimum atomic E-state index is -3.12. The first-order valence-corrected chi connectivity index (χ1v) is 8.32. The van der Waals surface area contributed by atoms with Crippen LogP contribution >= 0.6 is 11.6 Å². The van der Waals surface area contributed by atoms with E-state index in [0.29, 0.717) is 6.42 Å². The molecule has 0 unspecified atom stereocenters. The number of aliphatic hydroxyl groups is 1. The van der Waals surface area contributed by atoms with E-state index in [-0.39, 0.29) is 17.4 Å². The summed E-state index contributed by atoms with van der Waals surface area (Å²) in [5, 5.41) is 9.16. The molecule has 0 fully saturated rings. The molecule has 0 amide bonds. The molecule has 0 bridgehead atoms. The smallest absolute Gasteiger partial charge is 0.152 e. The molecule has 5 heteroatoms. The van der Waals surface area contributed by atoms with E-state index in [1.807, 2.05) is 0 Å². The van der Waals surface area contributed by atoms with Crippen LogP contribution < -0.4 is 0 Å². The maximum atomic E-state index is 11.5. The number of alkyl halides is 1. The van der Waals surface area contributed by atoms with Crippen molar-refractivity contribution in [1.29, 1.82) is 0 Å². The quantitative estimate of drug-likeness (QED) is 0.490. The highest BCUT2D eigenvalue weighted by molar-refractivity contribution is 7.91. The van der Waals surface area contributed by atoms with E-state index in [4.69, 9.17) is 16.7 Å². The molecule has 1 atom stereocenters. The minimum absolute atomic E-state index is 0.0181. The van der Waals surface area contributed by atoms with Crippen molar-refractivity contribution in [2.24, 2.45) is 0 Å². The second-order valence-corrected chi connectivity index (χ2v) is 6.73. The number of hydrogen-bond donors (Lipinski definition) is 1. The van der Waals surface area contributed by atoms with Crippen molar-refractivity contribution in [3.05, 3.63) is 0 Å². The molecule has 1 N–H and O–H groups in total. The molecule has 0 spiro atoms. The fourth-order valence-corrected chi connectivity index (χ4v) is 3.28. The van der Waals surface area contributed by atoms with Crippen LogP contribution in [0.1, 0.15) is 45.4 Å². The number of halogens is 1. The Morgan fingerprint density at radius 2 is 1.69 bits per heavy atom. The molecule has 16 heavy (non-hydrogen) atoms. The van der Waals surface area contributed by atoms with Gasteiger partial charge in [0.05, 0.1) is 17.6 Å². The van der Waals surface area contributed by atoms with E-state index in [2.05, 4.69) is 6.92 Å². The summed E-state index contributed by atoms with van der Waals surface area (Å²) in [6.45, 7) is 2.15. The van der Waals surface area contributed by atoms with Crippen molar-refractivity contribution < 1.29 is 13.5 Å². The number of aliphatic hydroxyl groups excluding tert-OH is 1. The molecule has 0 aromatic heterocycles. The number of rotatable bonds is 10. The van der Waals surface area contributed by atoms with Crippen molar-refractivity contribution >= 4 is 21.4 Å². The van der Waals surface area contributed by atoms with Gasteiger partial charge in [0.1, 0.15) is 0 Å². The summed E-state index contributed by atoms with van der Waals surface area (Å²) in [5.74, 6) is -0.0474. The lowest BCUT2D eigenvalue weighted by Gasteiger charge is -2.07. The van der Waals surface area contributed by atoms with Crippen LogP contribution in [0.15, 0.2) is 0 Å². The fraction of sp³-hybridized carbons (Fsp3) is 1.00. The van der Waals surface area contributed by atoms with E-state index >= 15 is 0 Å². The average molecular weight is 271 g/mol. The standard InChI is InChI=1S/C11H23ClO3S/c1-2-3-4-5-6-7-8-16(14,15)10-11(13)9-12/h11,13H,2-10H2,1H3/t11-/m0/s1. The van der Waals surface area contributed by atoms with Crippen LogP contribution in [0.25, 0.3) is 0 Å². The van der Waals surface area contributed by atoms with Crippen LogP contribution in [0.2, 0.25) is 0 Å². The highest BCUT2D eigenvalue weighted by Crippen LogP contribution is 2.07. The van der Waals surface area contributed by atoms with Gasteiger partial charge in [-0.25, -0.2) is 8.42 Å². The van der Waals surface area contributed by atoms with E-state index in [9.17, 15) is 8.42 Å².